The summed E-state index contributed by atoms with van der Waals surface area (Å²) in [5.41, 5.74) is 2.27. The molecule has 0 aromatic heterocycles. The standard InChI is InChI=1S/C11H9.C4H10N.2CH3.2ClH.H3Si.Ti/c1-2-6-10(7-3-1)11-8-4-5-9-11;1-4(2,3)5;;;;;;/h1-9H;5H,1-3H3;2*1H3;2*1H;1H3;/q;-1;;;;;;+3/p-2. The molecular formula is C17H28Cl2NSiTi. The van der Waals surface area contributed by atoms with E-state index in [1.165, 1.54) is 11.1 Å². The zero-order valence-corrected chi connectivity index (χ0v) is 19.5. The fraction of sp³-hybridized carbons (Fsp3) is 0.412. The molecule has 0 fully saturated rings. The minimum atomic E-state index is -4.84. The van der Waals surface area contributed by atoms with Crippen molar-refractivity contribution >= 4 is 32.3 Å². The number of nitrogens with one attached hydrogen (secondary N) is 1. The first kappa shape index (κ1) is 18.5. The molecule has 2 rings (SSSR count). The Morgan fingerprint density at radius 1 is 1.09 bits per heavy atom. The quantitative estimate of drug-likeness (QED) is 0.699. The molecule has 1 N–H and O–H groups in total. The van der Waals surface area contributed by atoms with E-state index in [4.69, 9.17) is 18.6 Å². The van der Waals surface area contributed by atoms with Gasteiger partial charge in [0.25, 0.3) is 0 Å². The maximum atomic E-state index is 7.44. The molecule has 0 saturated carbocycles. The zero-order valence-electron chi connectivity index (χ0n) is 14.5. The number of hydrogen-bond acceptors (Lipinski definition) is 1. The minimum absolute atomic E-state index is 0.0438. The van der Waals surface area contributed by atoms with Crippen molar-refractivity contribution < 1.29 is 10.1 Å². The second-order valence-electron chi connectivity index (χ2n) is 10.1. The predicted octanol–water partition coefficient (Wildman–Crippen LogP) is 5.18. The molecule has 0 bridgehead atoms. The van der Waals surface area contributed by atoms with Gasteiger partial charge in [-0.15, -0.1) is 0 Å². The molecule has 1 nitrogen and oxygen atoms in total. The van der Waals surface area contributed by atoms with Gasteiger partial charge in [-0.25, -0.2) is 0 Å². The van der Waals surface area contributed by atoms with E-state index in [2.05, 4.69) is 77.5 Å². The molecule has 0 heterocycles. The molecule has 0 spiro atoms. The second kappa shape index (κ2) is 4.22. The molecule has 1 aromatic carbocycles. The summed E-state index contributed by atoms with van der Waals surface area (Å²) in [5.74, 6) is 0. The molecule has 0 radical (unpaired) electrons. The van der Waals surface area contributed by atoms with Crippen LogP contribution >= 0.6 is 18.6 Å². The van der Waals surface area contributed by atoms with Gasteiger partial charge in [0, 0.05) is 0 Å². The van der Waals surface area contributed by atoms with Crippen LogP contribution in [0.2, 0.25) is 14.7 Å². The van der Waals surface area contributed by atoms with Crippen LogP contribution in [0.15, 0.2) is 48.6 Å². The number of allylic oxidation sites excluding steroid dienone is 4. The maximum absolute atomic E-state index is 7.44. The number of halogens is 2. The summed E-state index contributed by atoms with van der Waals surface area (Å²) in [6.07, 6.45) is 6.59. The molecule has 0 aliphatic heterocycles. The molecule has 5 heteroatoms. The summed E-state index contributed by atoms with van der Waals surface area (Å²) in [5, 5.41) is 4.22. The zero-order chi connectivity index (χ0) is 17.0. The molecule has 0 saturated heterocycles. The normalized spacial score (nSPS) is 24.2. The molecule has 1 atom stereocenters. The Kier molecular flexibility index (Phi) is 3.55. The van der Waals surface area contributed by atoms with E-state index < -0.39 is 10.1 Å². The van der Waals surface area contributed by atoms with Crippen molar-refractivity contribution in [3.8, 4) is 0 Å². The average molecular weight is 393 g/mol. The molecule has 1 aliphatic rings. The Bertz CT molecular complexity index is 671. The van der Waals surface area contributed by atoms with Crippen LogP contribution in [0.3, 0.4) is 0 Å². The van der Waals surface area contributed by atoms with Crippen molar-refractivity contribution in [3.05, 3.63) is 54.1 Å². The van der Waals surface area contributed by atoms with Gasteiger partial charge in [0.15, 0.2) is 0 Å². The molecule has 0 amide bonds. The van der Waals surface area contributed by atoms with Gasteiger partial charge >= 0.3 is 141 Å². The number of benzene rings is 1. The third-order valence-corrected chi connectivity index (χ3v) is 18.8. The summed E-state index contributed by atoms with van der Waals surface area (Å²) in [4.78, 5) is 0. The Morgan fingerprint density at radius 3 is 2.14 bits per heavy atom. The van der Waals surface area contributed by atoms with Crippen LogP contribution < -0.4 is 3.80 Å². The van der Waals surface area contributed by atoms with Crippen molar-refractivity contribution in [1.29, 1.82) is 0 Å². The second-order valence-corrected chi connectivity index (χ2v) is 63.9. The van der Waals surface area contributed by atoms with E-state index in [1.807, 2.05) is 6.07 Å². The fourth-order valence-electron chi connectivity index (χ4n) is 3.81. The van der Waals surface area contributed by atoms with Gasteiger partial charge in [-0.05, 0) is 0 Å². The van der Waals surface area contributed by atoms with Gasteiger partial charge in [0.05, 0.1) is 0 Å². The number of rotatable bonds is 3. The Morgan fingerprint density at radius 2 is 1.64 bits per heavy atom. The summed E-state index contributed by atoms with van der Waals surface area (Å²) in [6.45, 7) is 6.39. The summed E-state index contributed by atoms with van der Waals surface area (Å²) in [6, 6.07) is 10.4. The third-order valence-electron chi connectivity index (χ3n) is 4.28. The molecule has 1 aromatic rings. The van der Waals surface area contributed by atoms with Crippen molar-refractivity contribution in [3.63, 3.8) is 0 Å². The first-order valence-corrected chi connectivity index (χ1v) is 22.7. The Balaban J connectivity index is 2.52. The van der Waals surface area contributed by atoms with Gasteiger partial charge in [-0.2, -0.15) is 0 Å². The van der Waals surface area contributed by atoms with Crippen molar-refractivity contribution in [2.75, 3.05) is 0 Å². The molecule has 123 valence electrons. The van der Waals surface area contributed by atoms with E-state index in [0.29, 0.717) is 8.11 Å². The molecular weight excluding hydrogens is 365 g/mol. The average Bonchev–Trinajstić information content (AvgIpc) is 2.75. The van der Waals surface area contributed by atoms with Crippen molar-refractivity contribution in [2.45, 2.75) is 41.0 Å². The van der Waals surface area contributed by atoms with Gasteiger partial charge in [-0.1, -0.05) is 0 Å². The van der Waals surface area contributed by atoms with Gasteiger partial charge in [0.2, 0.25) is 0 Å². The topological polar surface area (TPSA) is 12.0 Å². The first-order valence-electron chi connectivity index (χ1n) is 7.90. The molecule has 22 heavy (non-hydrogen) atoms. The van der Waals surface area contributed by atoms with Crippen LogP contribution in [0, 0.1) is 0 Å². The van der Waals surface area contributed by atoms with Crippen LogP contribution in [-0.4, -0.2) is 13.6 Å². The Hall–Kier alpha value is 0.171. The number of hydrogen-bond donors (Lipinski definition) is 1. The van der Waals surface area contributed by atoms with Gasteiger partial charge in [-0.3, -0.25) is 0 Å². The van der Waals surface area contributed by atoms with E-state index in [9.17, 15) is 0 Å². The Labute approximate surface area is 140 Å². The SMILES string of the molecule is CC(C)(C)[NH][Ti]([CH3])([CH3])([SiH3])([Cl])([Cl])[CH]1C=CC(c2ccccc2)=C1. The van der Waals surface area contributed by atoms with Crippen LogP contribution in [0.1, 0.15) is 26.3 Å². The van der Waals surface area contributed by atoms with E-state index >= 15 is 0 Å². The van der Waals surface area contributed by atoms with Crippen LogP contribution in [-0.2, 0) is 10.1 Å². The van der Waals surface area contributed by atoms with Gasteiger partial charge in [0.1, 0.15) is 0 Å². The molecule has 1 aliphatic carbocycles. The van der Waals surface area contributed by atoms with Crippen LogP contribution in [0.4, 0.5) is 0 Å². The fourth-order valence-corrected chi connectivity index (χ4v) is 20.0. The summed E-state index contributed by atoms with van der Waals surface area (Å²) >= 11 is 0. The monoisotopic (exact) mass is 392 g/mol. The first-order chi connectivity index (χ1) is 9.51. The molecule has 1 unspecified atom stereocenters. The van der Waals surface area contributed by atoms with Gasteiger partial charge < -0.3 is 0 Å². The summed E-state index contributed by atoms with van der Waals surface area (Å²) < 4.78 is 3.76. The van der Waals surface area contributed by atoms with E-state index in [0.717, 1.165) is 0 Å². The van der Waals surface area contributed by atoms with Crippen LogP contribution in [0.25, 0.3) is 5.57 Å². The van der Waals surface area contributed by atoms with Crippen molar-refractivity contribution in [2.24, 2.45) is 0 Å². The predicted molar refractivity (Wildman–Crippen MR) is 104 cm³/mol. The van der Waals surface area contributed by atoms with E-state index in [-0.39, 0.29) is 9.76 Å². The van der Waals surface area contributed by atoms with Crippen molar-refractivity contribution in [1.82, 2.24) is 3.80 Å². The van der Waals surface area contributed by atoms with Crippen LogP contribution in [0.5, 0.6) is 0 Å². The summed E-state index contributed by atoms with van der Waals surface area (Å²) in [7, 11) is 10.8. The van der Waals surface area contributed by atoms with E-state index in [1.54, 1.807) is 0 Å². The third kappa shape index (κ3) is 4.17.